The van der Waals surface area contributed by atoms with E-state index in [1.54, 1.807) is 6.07 Å². The summed E-state index contributed by atoms with van der Waals surface area (Å²) in [5.74, 6) is 0. The Balaban J connectivity index is 1.66. The smallest absolute Gasteiger partial charge is 0.338 e. The van der Waals surface area contributed by atoms with Crippen LogP contribution in [0.2, 0.25) is 0 Å². The maximum atomic E-state index is 13.2. The molecule has 2 heterocycles. The van der Waals surface area contributed by atoms with Gasteiger partial charge in [-0.3, -0.25) is 4.90 Å². The number of benzene rings is 2. The van der Waals surface area contributed by atoms with Gasteiger partial charge in [0.05, 0.1) is 16.9 Å². The maximum absolute atomic E-state index is 13.2. The molecule has 1 N–H and O–H groups in total. The van der Waals surface area contributed by atoms with Crippen molar-refractivity contribution >= 4 is 23.1 Å². The molecule has 2 aromatic carbocycles. The SMILES string of the molecule is FC(F)(F)c1ccc2c(c1)N(CCN1CCNCC1)c1ccccc1S2. The zero-order valence-corrected chi connectivity index (χ0v) is 15.0. The predicted octanol–water partition coefficient (Wildman–Crippen LogP) is 4.21. The number of fused-ring (bicyclic) bond motifs is 2. The molecule has 26 heavy (non-hydrogen) atoms. The monoisotopic (exact) mass is 379 g/mol. The lowest BCUT2D eigenvalue weighted by Gasteiger charge is -2.36. The lowest BCUT2D eigenvalue weighted by Crippen LogP contribution is -2.46. The van der Waals surface area contributed by atoms with Crippen LogP contribution in [0.3, 0.4) is 0 Å². The van der Waals surface area contributed by atoms with Crippen LogP contribution >= 0.6 is 11.8 Å². The van der Waals surface area contributed by atoms with E-state index in [2.05, 4.69) is 10.2 Å². The summed E-state index contributed by atoms with van der Waals surface area (Å²) in [6, 6.07) is 12.0. The Kier molecular flexibility index (Phi) is 4.86. The maximum Gasteiger partial charge on any atom is 0.416 e. The van der Waals surface area contributed by atoms with E-state index in [9.17, 15) is 13.2 Å². The standard InChI is InChI=1S/C19H20F3N3S/c20-19(21,22)14-5-6-18-16(13-14)25(12-11-24-9-7-23-8-10-24)15-3-1-2-4-17(15)26-18/h1-6,13,23H,7-12H2. The molecule has 7 heteroatoms. The van der Waals surface area contributed by atoms with Crippen LogP contribution in [0.4, 0.5) is 24.5 Å². The van der Waals surface area contributed by atoms with Crippen LogP contribution in [0.15, 0.2) is 52.3 Å². The van der Waals surface area contributed by atoms with E-state index in [0.717, 1.165) is 48.2 Å². The minimum absolute atomic E-state index is 0.594. The number of rotatable bonds is 3. The van der Waals surface area contributed by atoms with Gasteiger partial charge in [0.15, 0.2) is 0 Å². The van der Waals surface area contributed by atoms with Gasteiger partial charge in [-0.05, 0) is 30.3 Å². The Labute approximate surface area is 155 Å². The van der Waals surface area contributed by atoms with Gasteiger partial charge in [-0.25, -0.2) is 0 Å². The molecule has 0 unspecified atom stereocenters. The highest BCUT2D eigenvalue weighted by Gasteiger charge is 2.33. The molecule has 0 aromatic heterocycles. The third-order valence-corrected chi connectivity index (χ3v) is 5.93. The first-order chi connectivity index (χ1) is 12.5. The zero-order chi connectivity index (χ0) is 18.1. The van der Waals surface area contributed by atoms with Crippen molar-refractivity contribution in [2.45, 2.75) is 16.0 Å². The number of alkyl halides is 3. The number of piperazine rings is 1. The fourth-order valence-electron chi connectivity index (χ4n) is 3.42. The highest BCUT2D eigenvalue weighted by molar-refractivity contribution is 7.99. The van der Waals surface area contributed by atoms with Crippen LogP contribution in [0, 0.1) is 0 Å². The van der Waals surface area contributed by atoms with Crippen molar-refractivity contribution in [1.82, 2.24) is 10.2 Å². The molecule has 4 rings (SSSR count). The van der Waals surface area contributed by atoms with Crippen molar-refractivity contribution in [1.29, 1.82) is 0 Å². The third kappa shape index (κ3) is 3.56. The van der Waals surface area contributed by atoms with Gasteiger partial charge in [0.2, 0.25) is 0 Å². The van der Waals surface area contributed by atoms with Gasteiger partial charge in [-0.1, -0.05) is 23.9 Å². The van der Waals surface area contributed by atoms with E-state index in [-0.39, 0.29) is 0 Å². The molecule has 1 saturated heterocycles. The van der Waals surface area contributed by atoms with Crippen LogP contribution in [-0.4, -0.2) is 44.2 Å². The molecule has 0 bridgehead atoms. The summed E-state index contributed by atoms with van der Waals surface area (Å²) in [5.41, 5.74) is 1.04. The topological polar surface area (TPSA) is 18.5 Å². The summed E-state index contributed by atoms with van der Waals surface area (Å²) in [6.45, 7) is 5.37. The fourth-order valence-corrected chi connectivity index (χ4v) is 4.50. The van der Waals surface area contributed by atoms with Gasteiger partial charge in [0, 0.05) is 49.1 Å². The van der Waals surface area contributed by atoms with E-state index in [4.69, 9.17) is 0 Å². The molecule has 0 saturated carbocycles. The summed E-state index contributed by atoms with van der Waals surface area (Å²) in [7, 11) is 0. The second-order valence-electron chi connectivity index (χ2n) is 6.49. The third-order valence-electron chi connectivity index (χ3n) is 4.80. The van der Waals surface area contributed by atoms with Crippen molar-refractivity contribution < 1.29 is 13.2 Å². The highest BCUT2D eigenvalue weighted by atomic mass is 32.2. The van der Waals surface area contributed by atoms with E-state index in [1.165, 1.54) is 23.9 Å². The van der Waals surface area contributed by atoms with Crippen molar-refractivity contribution in [2.75, 3.05) is 44.2 Å². The Morgan fingerprint density at radius 2 is 1.65 bits per heavy atom. The van der Waals surface area contributed by atoms with Crippen LogP contribution in [0.5, 0.6) is 0 Å². The van der Waals surface area contributed by atoms with Gasteiger partial charge in [-0.15, -0.1) is 0 Å². The Hall–Kier alpha value is -1.70. The zero-order valence-electron chi connectivity index (χ0n) is 14.2. The molecule has 3 nitrogen and oxygen atoms in total. The normalized spacial score (nSPS) is 17.7. The summed E-state index contributed by atoms with van der Waals surface area (Å²) in [4.78, 5) is 6.35. The van der Waals surface area contributed by atoms with Crippen molar-refractivity contribution in [3.05, 3.63) is 48.0 Å². The molecule has 1 fully saturated rings. The van der Waals surface area contributed by atoms with Crippen molar-refractivity contribution in [3.63, 3.8) is 0 Å². The second kappa shape index (κ2) is 7.13. The van der Waals surface area contributed by atoms with Gasteiger partial charge in [-0.2, -0.15) is 13.2 Å². The first kappa shape index (κ1) is 17.7. The van der Waals surface area contributed by atoms with E-state index >= 15 is 0 Å². The Morgan fingerprint density at radius 1 is 0.923 bits per heavy atom. The molecule has 2 aliphatic rings. The molecule has 2 aliphatic heterocycles. The summed E-state index contributed by atoms with van der Waals surface area (Å²) in [5, 5.41) is 3.32. The van der Waals surface area contributed by atoms with Crippen LogP contribution in [-0.2, 0) is 6.18 Å². The molecule has 138 valence electrons. The van der Waals surface area contributed by atoms with Crippen molar-refractivity contribution in [3.8, 4) is 0 Å². The minimum atomic E-state index is -4.33. The van der Waals surface area contributed by atoms with Crippen LogP contribution < -0.4 is 10.2 Å². The molecule has 0 radical (unpaired) electrons. The lowest BCUT2D eigenvalue weighted by molar-refractivity contribution is -0.137. The van der Waals surface area contributed by atoms with Crippen LogP contribution in [0.1, 0.15) is 5.56 Å². The Bertz CT molecular complexity index is 788. The average Bonchev–Trinajstić information content (AvgIpc) is 2.65. The highest BCUT2D eigenvalue weighted by Crippen LogP contribution is 2.49. The number of hydrogen-bond donors (Lipinski definition) is 1. The van der Waals surface area contributed by atoms with Gasteiger partial charge in [0.1, 0.15) is 0 Å². The molecule has 0 atom stereocenters. The molecule has 0 spiro atoms. The Morgan fingerprint density at radius 3 is 2.42 bits per heavy atom. The lowest BCUT2D eigenvalue weighted by atomic mass is 10.1. The molecule has 0 aliphatic carbocycles. The van der Waals surface area contributed by atoms with Gasteiger partial charge in [0.25, 0.3) is 0 Å². The minimum Gasteiger partial charge on any atom is -0.338 e. The fraction of sp³-hybridized carbons (Fsp3) is 0.368. The largest absolute Gasteiger partial charge is 0.416 e. The number of hydrogen-bond acceptors (Lipinski definition) is 4. The summed E-state index contributed by atoms with van der Waals surface area (Å²) in [6.07, 6.45) is -4.33. The number of nitrogens with one attached hydrogen (secondary N) is 1. The summed E-state index contributed by atoms with van der Waals surface area (Å²) < 4.78 is 39.7. The number of halogens is 3. The molecular formula is C19H20F3N3S. The second-order valence-corrected chi connectivity index (χ2v) is 7.58. The number of para-hydroxylation sites is 1. The molecule has 2 aromatic rings. The molecular weight excluding hydrogens is 359 g/mol. The average molecular weight is 379 g/mol. The predicted molar refractivity (Wildman–Crippen MR) is 98.3 cm³/mol. The van der Waals surface area contributed by atoms with Crippen LogP contribution in [0.25, 0.3) is 0 Å². The van der Waals surface area contributed by atoms with E-state index in [0.29, 0.717) is 12.2 Å². The summed E-state index contributed by atoms with van der Waals surface area (Å²) >= 11 is 1.53. The quantitative estimate of drug-likeness (QED) is 0.861. The number of anilines is 2. The molecule has 0 amide bonds. The first-order valence-corrected chi connectivity index (χ1v) is 9.53. The first-order valence-electron chi connectivity index (χ1n) is 8.71. The number of nitrogens with zero attached hydrogens (tertiary/aromatic N) is 2. The van der Waals surface area contributed by atoms with E-state index in [1.807, 2.05) is 29.2 Å². The van der Waals surface area contributed by atoms with Gasteiger partial charge < -0.3 is 10.2 Å². The van der Waals surface area contributed by atoms with Gasteiger partial charge >= 0.3 is 6.18 Å². The van der Waals surface area contributed by atoms with Crippen molar-refractivity contribution in [2.24, 2.45) is 0 Å². The van der Waals surface area contributed by atoms with E-state index < -0.39 is 11.7 Å².